The van der Waals surface area contributed by atoms with Crippen LogP contribution >= 0.6 is 11.6 Å². The fraction of sp³-hybridized carbons (Fsp3) is 0.375. The number of nitrogens with zero attached hydrogens (tertiary/aromatic N) is 3. The number of carbonyl (C=O) groups is 1. The highest BCUT2D eigenvalue weighted by molar-refractivity contribution is 6.30. The van der Waals surface area contributed by atoms with E-state index < -0.39 is 5.91 Å². The van der Waals surface area contributed by atoms with Crippen molar-refractivity contribution >= 4 is 23.3 Å². The SMILES string of the molecule is Cc1c(Cl)ncnc1N(C)CC(N)=O. The molecule has 5 nitrogen and oxygen atoms in total. The standard InChI is InChI=1S/C8H11ClN4O/c1-5-7(9)11-4-12-8(5)13(2)3-6(10)14/h4H,3H2,1-2H3,(H2,10,14). The Labute approximate surface area is 86.9 Å². The van der Waals surface area contributed by atoms with Gasteiger partial charge in [-0.05, 0) is 6.92 Å². The number of primary amides is 1. The van der Waals surface area contributed by atoms with E-state index in [1.165, 1.54) is 6.33 Å². The maximum Gasteiger partial charge on any atom is 0.236 e. The molecule has 0 aliphatic rings. The lowest BCUT2D eigenvalue weighted by Gasteiger charge is -2.17. The second-order valence-corrected chi connectivity index (χ2v) is 3.29. The van der Waals surface area contributed by atoms with Gasteiger partial charge >= 0.3 is 0 Å². The van der Waals surface area contributed by atoms with E-state index >= 15 is 0 Å². The Kier molecular flexibility index (Phi) is 3.24. The summed E-state index contributed by atoms with van der Waals surface area (Å²) in [5.74, 6) is 0.199. The zero-order valence-electron chi connectivity index (χ0n) is 7.99. The summed E-state index contributed by atoms with van der Waals surface area (Å²) in [6.45, 7) is 1.89. The Bertz CT molecular complexity index is 355. The molecule has 0 aromatic carbocycles. The van der Waals surface area contributed by atoms with Crippen molar-refractivity contribution in [1.82, 2.24) is 9.97 Å². The second-order valence-electron chi connectivity index (χ2n) is 2.94. The predicted octanol–water partition coefficient (Wildman–Crippen LogP) is 0.360. The van der Waals surface area contributed by atoms with Crippen LogP contribution < -0.4 is 10.6 Å². The van der Waals surface area contributed by atoms with Crippen LogP contribution in [0.25, 0.3) is 0 Å². The third kappa shape index (κ3) is 2.32. The second kappa shape index (κ2) is 4.23. The molecule has 0 saturated heterocycles. The lowest BCUT2D eigenvalue weighted by atomic mass is 10.3. The number of aromatic nitrogens is 2. The number of amides is 1. The van der Waals surface area contributed by atoms with Crippen LogP contribution in [0.5, 0.6) is 0 Å². The van der Waals surface area contributed by atoms with Gasteiger partial charge in [-0.2, -0.15) is 0 Å². The number of carbonyl (C=O) groups excluding carboxylic acids is 1. The molecule has 0 spiro atoms. The van der Waals surface area contributed by atoms with Gasteiger partial charge in [0.15, 0.2) is 0 Å². The first-order valence-electron chi connectivity index (χ1n) is 3.99. The molecule has 2 N–H and O–H groups in total. The van der Waals surface area contributed by atoms with Crippen molar-refractivity contribution in [2.45, 2.75) is 6.92 Å². The molecule has 0 saturated carbocycles. The van der Waals surface area contributed by atoms with E-state index in [9.17, 15) is 4.79 Å². The molecule has 0 atom stereocenters. The number of likely N-dealkylation sites (N-methyl/N-ethyl adjacent to an activating group) is 1. The van der Waals surface area contributed by atoms with Gasteiger partial charge in [-0.1, -0.05) is 11.6 Å². The monoisotopic (exact) mass is 214 g/mol. The van der Waals surface area contributed by atoms with E-state index in [1.807, 2.05) is 0 Å². The summed E-state index contributed by atoms with van der Waals surface area (Å²) < 4.78 is 0. The maximum absolute atomic E-state index is 10.7. The molecule has 6 heteroatoms. The normalized spacial score (nSPS) is 9.93. The van der Waals surface area contributed by atoms with Crippen LogP contribution in [0, 0.1) is 6.92 Å². The summed E-state index contributed by atoms with van der Waals surface area (Å²) in [5, 5.41) is 0.381. The predicted molar refractivity (Wildman–Crippen MR) is 54.2 cm³/mol. The van der Waals surface area contributed by atoms with E-state index in [-0.39, 0.29) is 6.54 Å². The molecule has 1 aromatic rings. The van der Waals surface area contributed by atoms with Crippen molar-refractivity contribution in [3.05, 3.63) is 17.0 Å². The first kappa shape index (κ1) is 10.7. The molecule has 76 valence electrons. The van der Waals surface area contributed by atoms with Crippen LogP contribution in [0.3, 0.4) is 0 Å². The number of halogens is 1. The Balaban J connectivity index is 2.95. The van der Waals surface area contributed by atoms with Gasteiger partial charge in [0, 0.05) is 12.6 Å². The molecular weight excluding hydrogens is 204 g/mol. The Morgan fingerprint density at radius 1 is 1.64 bits per heavy atom. The van der Waals surface area contributed by atoms with Crippen molar-refractivity contribution in [2.24, 2.45) is 5.73 Å². The molecule has 1 rings (SSSR count). The lowest BCUT2D eigenvalue weighted by molar-refractivity contribution is -0.116. The van der Waals surface area contributed by atoms with Crippen LogP contribution in [0.1, 0.15) is 5.56 Å². The summed E-state index contributed by atoms with van der Waals surface area (Å²) in [6.07, 6.45) is 1.35. The summed E-state index contributed by atoms with van der Waals surface area (Å²) in [5.41, 5.74) is 5.80. The van der Waals surface area contributed by atoms with Crippen LogP contribution in [-0.2, 0) is 4.79 Å². The zero-order valence-corrected chi connectivity index (χ0v) is 8.75. The highest BCUT2D eigenvalue weighted by Gasteiger charge is 2.10. The van der Waals surface area contributed by atoms with Crippen molar-refractivity contribution in [2.75, 3.05) is 18.5 Å². The minimum Gasteiger partial charge on any atom is -0.368 e. The first-order valence-corrected chi connectivity index (χ1v) is 4.36. The Morgan fingerprint density at radius 2 is 2.29 bits per heavy atom. The fourth-order valence-electron chi connectivity index (χ4n) is 1.11. The van der Waals surface area contributed by atoms with Gasteiger partial charge in [0.25, 0.3) is 0 Å². The quantitative estimate of drug-likeness (QED) is 0.738. The van der Waals surface area contributed by atoms with Crippen LogP contribution in [0.2, 0.25) is 5.15 Å². The number of nitrogens with two attached hydrogens (primary N) is 1. The van der Waals surface area contributed by atoms with Crippen molar-refractivity contribution in [3.8, 4) is 0 Å². The third-order valence-electron chi connectivity index (χ3n) is 1.75. The van der Waals surface area contributed by atoms with Gasteiger partial charge in [0.2, 0.25) is 5.91 Å². The molecule has 1 amide bonds. The van der Waals surface area contributed by atoms with E-state index in [0.717, 1.165) is 5.56 Å². The van der Waals surface area contributed by atoms with Gasteiger partial charge in [0.05, 0.1) is 6.54 Å². The van der Waals surface area contributed by atoms with Gasteiger partial charge < -0.3 is 10.6 Å². The lowest BCUT2D eigenvalue weighted by Crippen LogP contribution is -2.31. The molecule has 0 fully saturated rings. The molecule has 14 heavy (non-hydrogen) atoms. The Morgan fingerprint density at radius 3 is 2.86 bits per heavy atom. The molecule has 1 heterocycles. The third-order valence-corrected chi connectivity index (χ3v) is 2.13. The molecular formula is C8H11ClN4O. The van der Waals surface area contributed by atoms with Gasteiger partial charge in [0.1, 0.15) is 17.3 Å². The number of rotatable bonds is 3. The Hall–Kier alpha value is -1.36. The van der Waals surface area contributed by atoms with Gasteiger partial charge in [-0.15, -0.1) is 0 Å². The van der Waals surface area contributed by atoms with E-state index in [1.54, 1.807) is 18.9 Å². The number of hydrogen-bond acceptors (Lipinski definition) is 4. The molecule has 0 unspecified atom stereocenters. The zero-order chi connectivity index (χ0) is 10.7. The largest absolute Gasteiger partial charge is 0.368 e. The minimum absolute atomic E-state index is 0.105. The smallest absolute Gasteiger partial charge is 0.236 e. The highest BCUT2D eigenvalue weighted by Crippen LogP contribution is 2.20. The van der Waals surface area contributed by atoms with E-state index in [2.05, 4.69) is 9.97 Å². The fourth-order valence-corrected chi connectivity index (χ4v) is 1.24. The molecule has 0 radical (unpaired) electrons. The summed E-state index contributed by atoms with van der Waals surface area (Å²) in [7, 11) is 1.72. The van der Waals surface area contributed by atoms with Gasteiger partial charge in [-0.3, -0.25) is 4.79 Å². The summed E-state index contributed by atoms with van der Waals surface area (Å²) >= 11 is 5.80. The summed E-state index contributed by atoms with van der Waals surface area (Å²) in [6, 6.07) is 0. The van der Waals surface area contributed by atoms with Crippen molar-refractivity contribution in [3.63, 3.8) is 0 Å². The number of anilines is 1. The number of hydrogen-bond donors (Lipinski definition) is 1. The van der Waals surface area contributed by atoms with Crippen LogP contribution in [-0.4, -0.2) is 29.5 Å². The van der Waals surface area contributed by atoms with Crippen molar-refractivity contribution in [1.29, 1.82) is 0 Å². The average molecular weight is 215 g/mol. The highest BCUT2D eigenvalue weighted by atomic mass is 35.5. The average Bonchev–Trinajstić information content (AvgIpc) is 2.08. The first-order chi connectivity index (χ1) is 6.52. The maximum atomic E-state index is 10.7. The molecule has 0 aliphatic carbocycles. The van der Waals surface area contributed by atoms with Crippen LogP contribution in [0.4, 0.5) is 5.82 Å². The topological polar surface area (TPSA) is 72.1 Å². The van der Waals surface area contributed by atoms with Crippen LogP contribution in [0.15, 0.2) is 6.33 Å². The van der Waals surface area contributed by atoms with Crippen molar-refractivity contribution < 1.29 is 4.79 Å². The summed E-state index contributed by atoms with van der Waals surface area (Å²) in [4.78, 5) is 20.1. The molecule has 1 aromatic heterocycles. The van der Waals surface area contributed by atoms with E-state index in [0.29, 0.717) is 11.0 Å². The molecule has 0 aliphatic heterocycles. The molecule has 0 bridgehead atoms. The van der Waals surface area contributed by atoms with Gasteiger partial charge in [-0.25, -0.2) is 9.97 Å². The minimum atomic E-state index is -0.415. The van der Waals surface area contributed by atoms with E-state index in [4.69, 9.17) is 17.3 Å².